The highest BCUT2D eigenvalue weighted by Crippen LogP contribution is 2.45. The van der Waals surface area contributed by atoms with Crippen LogP contribution in [0.25, 0.3) is 0 Å². The fourth-order valence-corrected chi connectivity index (χ4v) is 5.71. The Balaban J connectivity index is 1.79. The zero-order valence-electron chi connectivity index (χ0n) is 14.7. The average molecular weight is 444 g/mol. The molecule has 0 aliphatic carbocycles. The largest absolute Gasteiger partial charge is 0.373 e. The number of hydrogen-bond acceptors (Lipinski definition) is 8. The van der Waals surface area contributed by atoms with Crippen molar-refractivity contribution in [1.82, 2.24) is 19.9 Å². The minimum absolute atomic E-state index is 0.255. The molecule has 0 radical (unpaired) electrons. The molecular formula is C19H14ClN5O2S2. The molecule has 1 aliphatic heterocycles. The van der Waals surface area contributed by atoms with Crippen LogP contribution in [-0.4, -0.2) is 19.6 Å². The number of rotatable bonds is 4. The number of aliphatic hydroxyl groups excluding tert-OH is 1. The zero-order chi connectivity index (χ0) is 20.0. The van der Waals surface area contributed by atoms with Crippen LogP contribution in [0.15, 0.2) is 64.5 Å². The van der Waals surface area contributed by atoms with Gasteiger partial charge in [0.1, 0.15) is 24.1 Å². The Bertz CT molecular complexity index is 1180. The normalized spacial score (nSPS) is 17.2. The number of anilines is 2. The highest BCUT2D eigenvalue weighted by atomic mass is 35.5. The van der Waals surface area contributed by atoms with E-state index in [0.717, 1.165) is 9.75 Å². The molecule has 4 aromatic rings. The number of fused-ring (bicyclic) bond motifs is 1. The Morgan fingerprint density at radius 3 is 2.52 bits per heavy atom. The molecule has 5 heterocycles. The van der Waals surface area contributed by atoms with Crippen molar-refractivity contribution in [3.8, 4) is 0 Å². The topological polar surface area (TPSA) is 92.1 Å². The van der Waals surface area contributed by atoms with Crippen molar-refractivity contribution in [2.75, 3.05) is 5.32 Å². The summed E-state index contributed by atoms with van der Waals surface area (Å²) >= 11 is 9.53. The molecule has 0 aromatic carbocycles. The third-order valence-electron chi connectivity index (χ3n) is 4.73. The molecule has 10 heteroatoms. The van der Waals surface area contributed by atoms with Crippen molar-refractivity contribution in [1.29, 1.82) is 0 Å². The monoisotopic (exact) mass is 443 g/mol. The summed E-state index contributed by atoms with van der Waals surface area (Å²) in [5, 5.41) is 21.2. The predicted octanol–water partition coefficient (Wildman–Crippen LogP) is 3.50. The minimum atomic E-state index is -1.10. The van der Waals surface area contributed by atoms with E-state index < -0.39 is 11.9 Å². The molecule has 4 aromatic heterocycles. The standard InChI is InChI=1S/C19H14ClN5O2S2/c20-11-9-12(23-15-5-6-21-10-22-15)18(27)25-16(11)17(26)24-19(25,13-3-1-7-28-13)14-4-2-8-29-14/h1-10,17,24,26H,(H,21,22,23). The quantitative estimate of drug-likeness (QED) is 0.447. The molecule has 0 bridgehead atoms. The van der Waals surface area contributed by atoms with Gasteiger partial charge in [-0.1, -0.05) is 23.7 Å². The molecule has 1 unspecified atom stereocenters. The summed E-state index contributed by atoms with van der Waals surface area (Å²) in [6.07, 6.45) is 1.86. The number of pyridine rings is 1. The van der Waals surface area contributed by atoms with Crippen LogP contribution in [0.3, 0.4) is 0 Å². The van der Waals surface area contributed by atoms with Gasteiger partial charge in [0.2, 0.25) is 0 Å². The molecule has 29 heavy (non-hydrogen) atoms. The van der Waals surface area contributed by atoms with Crippen LogP contribution < -0.4 is 16.2 Å². The van der Waals surface area contributed by atoms with E-state index in [4.69, 9.17) is 11.6 Å². The maximum Gasteiger partial charge on any atom is 0.276 e. The Morgan fingerprint density at radius 1 is 1.21 bits per heavy atom. The Kier molecular flexibility index (Phi) is 4.49. The molecule has 0 saturated carbocycles. The van der Waals surface area contributed by atoms with E-state index in [1.54, 1.807) is 16.8 Å². The van der Waals surface area contributed by atoms with Crippen molar-refractivity contribution in [2.24, 2.45) is 0 Å². The van der Waals surface area contributed by atoms with E-state index >= 15 is 0 Å². The molecule has 0 amide bonds. The molecule has 1 aliphatic rings. The first-order chi connectivity index (χ1) is 14.1. The lowest BCUT2D eigenvalue weighted by molar-refractivity contribution is 0.132. The maximum atomic E-state index is 13.6. The fourth-order valence-electron chi connectivity index (χ4n) is 3.56. The second-order valence-corrected chi connectivity index (χ2v) is 8.67. The van der Waals surface area contributed by atoms with E-state index in [1.807, 2.05) is 35.0 Å². The zero-order valence-corrected chi connectivity index (χ0v) is 17.1. The van der Waals surface area contributed by atoms with Crippen LogP contribution in [0, 0.1) is 0 Å². The molecule has 0 spiro atoms. The van der Waals surface area contributed by atoms with Gasteiger partial charge in [-0.05, 0) is 35.0 Å². The summed E-state index contributed by atoms with van der Waals surface area (Å²) in [6, 6.07) is 10.9. The van der Waals surface area contributed by atoms with Gasteiger partial charge in [0.05, 0.1) is 20.5 Å². The summed E-state index contributed by atoms with van der Waals surface area (Å²) in [4.78, 5) is 23.4. The van der Waals surface area contributed by atoms with Gasteiger partial charge in [-0.15, -0.1) is 22.7 Å². The molecular weight excluding hydrogens is 430 g/mol. The van der Waals surface area contributed by atoms with Gasteiger partial charge in [-0.3, -0.25) is 14.7 Å². The van der Waals surface area contributed by atoms with Crippen LogP contribution in [-0.2, 0) is 5.66 Å². The molecule has 7 nitrogen and oxygen atoms in total. The van der Waals surface area contributed by atoms with Gasteiger partial charge in [0.15, 0.2) is 5.66 Å². The summed E-state index contributed by atoms with van der Waals surface area (Å²) in [7, 11) is 0. The fraction of sp³-hybridized carbons (Fsp3) is 0.105. The number of hydrogen-bond donors (Lipinski definition) is 3. The number of halogens is 1. The van der Waals surface area contributed by atoms with Crippen molar-refractivity contribution in [2.45, 2.75) is 11.9 Å². The van der Waals surface area contributed by atoms with Gasteiger partial charge in [0, 0.05) is 6.20 Å². The van der Waals surface area contributed by atoms with E-state index in [2.05, 4.69) is 20.6 Å². The van der Waals surface area contributed by atoms with Gasteiger partial charge in [-0.2, -0.15) is 0 Å². The highest BCUT2D eigenvalue weighted by Gasteiger charge is 2.49. The molecule has 0 saturated heterocycles. The highest BCUT2D eigenvalue weighted by molar-refractivity contribution is 7.11. The number of nitrogens with zero attached hydrogens (tertiary/aromatic N) is 3. The second kappa shape index (κ2) is 7.05. The average Bonchev–Trinajstić information content (AvgIpc) is 3.47. The summed E-state index contributed by atoms with van der Waals surface area (Å²) in [5.74, 6) is 0.470. The minimum Gasteiger partial charge on any atom is -0.373 e. The summed E-state index contributed by atoms with van der Waals surface area (Å²) < 4.78 is 1.54. The SMILES string of the molecule is O=c1c(Nc2ccncn2)cc(Cl)c2n1C(c1cccs1)(c1cccs1)NC2O. The Morgan fingerprint density at radius 2 is 1.93 bits per heavy atom. The van der Waals surface area contributed by atoms with E-state index in [1.165, 1.54) is 35.1 Å². The third-order valence-corrected chi connectivity index (χ3v) is 6.99. The number of aliphatic hydroxyl groups is 1. The van der Waals surface area contributed by atoms with Gasteiger partial charge in [-0.25, -0.2) is 9.97 Å². The van der Waals surface area contributed by atoms with Gasteiger partial charge >= 0.3 is 0 Å². The summed E-state index contributed by atoms with van der Waals surface area (Å²) in [6.45, 7) is 0. The lowest BCUT2D eigenvalue weighted by Crippen LogP contribution is -2.48. The Hall–Kier alpha value is -2.56. The lowest BCUT2D eigenvalue weighted by atomic mass is 10.1. The van der Waals surface area contributed by atoms with E-state index in [-0.39, 0.29) is 16.3 Å². The van der Waals surface area contributed by atoms with Crippen LogP contribution >= 0.6 is 34.3 Å². The molecule has 146 valence electrons. The lowest BCUT2D eigenvalue weighted by Gasteiger charge is -2.30. The van der Waals surface area contributed by atoms with Crippen LogP contribution in [0.2, 0.25) is 5.02 Å². The first-order valence-electron chi connectivity index (χ1n) is 8.64. The summed E-state index contributed by atoms with van der Waals surface area (Å²) in [5.41, 5.74) is -0.798. The van der Waals surface area contributed by atoms with Crippen molar-refractivity contribution in [3.05, 3.63) is 90.5 Å². The smallest absolute Gasteiger partial charge is 0.276 e. The van der Waals surface area contributed by atoms with Crippen LogP contribution in [0.4, 0.5) is 11.5 Å². The van der Waals surface area contributed by atoms with E-state index in [9.17, 15) is 9.90 Å². The molecule has 5 rings (SSSR count). The van der Waals surface area contributed by atoms with Crippen LogP contribution in [0.5, 0.6) is 0 Å². The number of nitrogens with one attached hydrogen (secondary N) is 2. The number of thiophene rings is 2. The van der Waals surface area contributed by atoms with Crippen molar-refractivity contribution < 1.29 is 5.11 Å². The van der Waals surface area contributed by atoms with Gasteiger partial charge in [0.25, 0.3) is 5.56 Å². The first kappa shape index (κ1) is 18.5. The van der Waals surface area contributed by atoms with Crippen LogP contribution in [0.1, 0.15) is 21.7 Å². The second-order valence-electron chi connectivity index (χ2n) is 6.36. The van der Waals surface area contributed by atoms with Gasteiger partial charge < -0.3 is 10.4 Å². The third kappa shape index (κ3) is 2.82. The molecule has 0 fully saturated rings. The predicted molar refractivity (Wildman–Crippen MR) is 114 cm³/mol. The van der Waals surface area contributed by atoms with E-state index in [0.29, 0.717) is 11.5 Å². The molecule has 3 N–H and O–H groups in total. The first-order valence-corrected chi connectivity index (χ1v) is 10.8. The molecule has 1 atom stereocenters. The maximum absolute atomic E-state index is 13.6. The van der Waals surface area contributed by atoms with Crippen molar-refractivity contribution in [3.63, 3.8) is 0 Å². The Labute approximate surface area is 178 Å². The van der Waals surface area contributed by atoms with Crippen molar-refractivity contribution >= 4 is 45.8 Å². The number of aromatic nitrogens is 3.